The van der Waals surface area contributed by atoms with Crippen molar-refractivity contribution in [2.75, 3.05) is 23.2 Å². The molecule has 0 atom stereocenters. The average molecular weight is 523 g/mol. The van der Waals surface area contributed by atoms with E-state index in [1.165, 1.54) is 18.3 Å². The maximum absolute atomic E-state index is 10.9. The topological polar surface area (TPSA) is 153 Å². The Morgan fingerprint density at radius 3 is 2.10 bits per heavy atom. The van der Waals surface area contributed by atoms with E-state index in [0.29, 0.717) is 29.0 Å². The van der Waals surface area contributed by atoms with E-state index < -0.39 is 4.92 Å². The summed E-state index contributed by atoms with van der Waals surface area (Å²) in [5.41, 5.74) is 5.09. The standard InChI is InChI=1S/C27H22N8O4/c1-38-22-13-9-20(10-14-22)30-26-31-25(29-19-5-3-2-4-6-19)32-27(33-26)34-28-17-23-15-16-24(39-23)18-7-11-21(12-8-18)35(36)37/h2-17H,1H3,(H3,29,30,31,32,33,34)/b28-17+. The fourth-order valence-electron chi connectivity index (χ4n) is 3.47. The zero-order valence-electron chi connectivity index (χ0n) is 20.6. The second-order valence-corrected chi connectivity index (χ2v) is 8.03. The third-order valence-corrected chi connectivity index (χ3v) is 5.36. The second kappa shape index (κ2) is 11.5. The number of non-ortho nitro benzene ring substituents is 1. The first kappa shape index (κ1) is 24.9. The van der Waals surface area contributed by atoms with Gasteiger partial charge in [-0.25, -0.2) is 5.43 Å². The van der Waals surface area contributed by atoms with Crippen molar-refractivity contribution in [3.05, 3.63) is 107 Å². The molecule has 0 unspecified atom stereocenters. The smallest absolute Gasteiger partial charge is 0.269 e. The first-order valence-corrected chi connectivity index (χ1v) is 11.7. The predicted molar refractivity (Wildman–Crippen MR) is 148 cm³/mol. The first-order valence-electron chi connectivity index (χ1n) is 11.7. The minimum Gasteiger partial charge on any atom is -0.497 e. The Labute approximate surface area is 222 Å². The second-order valence-electron chi connectivity index (χ2n) is 8.03. The number of nitro groups is 1. The average Bonchev–Trinajstić information content (AvgIpc) is 3.43. The van der Waals surface area contributed by atoms with Crippen LogP contribution < -0.4 is 20.8 Å². The van der Waals surface area contributed by atoms with Crippen molar-refractivity contribution in [2.24, 2.45) is 5.10 Å². The van der Waals surface area contributed by atoms with Gasteiger partial charge in [-0.2, -0.15) is 20.1 Å². The molecule has 0 saturated carbocycles. The Morgan fingerprint density at radius 2 is 1.46 bits per heavy atom. The number of rotatable bonds is 10. The van der Waals surface area contributed by atoms with Gasteiger partial charge < -0.3 is 19.8 Å². The van der Waals surface area contributed by atoms with Crippen LogP contribution >= 0.6 is 0 Å². The first-order chi connectivity index (χ1) is 19.1. The molecule has 0 amide bonds. The molecule has 0 bridgehead atoms. The third kappa shape index (κ3) is 6.51. The molecule has 2 aromatic heterocycles. The van der Waals surface area contributed by atoms with Gasteiger partial charge in [-0.05, 0) is 60.7 Å². The van der Waals surface area contributed by atoms with Gasteiger partial charge in [0.05, 0.1) is 18.2 Å². The highest BCUT2D eigenvalue weighted by Crippen LogP contribution is 2.24. The Balaban J connectivity index is 1.32. The maximum Gasteiger partial charge on any atom is 0.269 e. The number of furan rings is 1. The molecule has 0 aliphatic carbocycles. The van der Waals surface area contributed by atoms with Crippen LogP contribution in [0.5, 0.6) is 5.75 Å². The monoisotopic (exact) mass is 522 g/mol. The molecular formula is C27H22N8O4. The summed E-state index contributed by atoms with van der Waals surface area (Å²) >= 11 is 0. The van der Waals surface area contributed by atoms with E-state index in [-0.39, 0.29) is 11.6 Å². The molecule has 2 heterocycles. The van der Waals surface area contributed by atoms with Crippen LogP contribution in [-0.2, 0) is 0 Å². The number of anilines is 5. The molecule has 5 rings (SSSR count). The summed E-state index contributed by atoms with van der Waals surface area (Å²) in [7, 11) is 1.60. The van der Waals surface area contributed by atoms with Crippen LogP contribution in [0.4, 0.5) is 34.9 Å². The van der Waals surface area contributed by atoms with Crippen molar-refractivity contribution >= 4 is 41.1 Å². The highest BCUT2D eigenvalue weighted by molar-refractivity contribution is 5.78. The van der Waals surface area contributed by atoms with Crippen LogP contribution in [0.15, 0.2) is 101 Å². The Kier molecular flexibility index (Phi) is 7.35. The zero-order valence-corrected chi connectivity index (χ0v) is 20.6. The van der Waals surface area contributed by atoms with Gasteiger partial charge in [-0.1, -0.05) is 18.2 Å². The molecule has 3 aromatic carbocycles. The summed E-state index contributed by atoms with van der Waals surface area (Å²) < 4.78 is 11.0. The van der Waals surface area contributed by atoms with E-state index in [1.54, 1.807) is 31.4 Å². The van der Waals surface area contributed by atoms with Gasteiger partial charge in [0.2, 0.25) is 17.8 Å². The molecule has 0 aliphatic rings. The van der Waals surface area contributed by atoms with Crippen LogP contribution in [-0.4, -0.2) is 33.2 Å². The number of hydrogen-bond acceptors (Lipinski definition) is 11. The quantitative estimate of drug-likeness (QED) is 0.113. The Morgan fingerprint density at radius 1 is 0.821 bits per heavy atom. The van der Waals surface area contributed by atoms with E-state index in [2.05, 4.69) is 36.1 Å². The molecule has 3 N–H and O–H groups in total. The van der Waals surface area contributed by atoms with E-state index >= 15 is 0 Å². The molecule has 39 heavy (non-hydrogen) atoms. The van der Waals surface area contributed by atoms with Crippen molar-refractivity contribution in [3.8, 4) is 17.1 Å². The molecule has 0 fully saturated rings. The van der Waals surface area contributed by atoms with E-state index in [4.69, 9.17) is 9.15 Å². The molecule has 12 nitrogen and oxygen atoms in total. The Bertz CT molecular complexity index is 1590. The summed E-state index contributed by atoms with van der Waals surface area (Å²) in [4.78, 5) is 23.7. The SMILES string of the molecule is COc1ccc(Nc2nc(N/N=C/c3ccc(-c4ccc([N+](=O)[O-])cc4)o3)nc(Nc3ccccc3)n2)cc1. The van der Waals surface area contributed by atoms with Gasteiger partial charge in [0.15, 0.2) is 0 Å². The summed E-state index contributed by atoms with van der Waals surface area (Å²) in [6, 6.07) is 26.4. The maximum atomic E-state index is 10.9. The lowest BCUT2D eigenvalue weighted by atomic mass is 10.1. The van der Waals surface area contributed by atoms with Crippen LogP contribution in [0.3, 0.4) is 0 Å². The summed E-state index contributed by atoms with van der Waals surface area (Å²) in [6.45, 7) is 0. The van der Waals surface area contributed by atoms with E-state index in [1.807, 2.05) is 54.6 Å². The molecule has 194 valence electrons. The largest absolute Gasteiger partial charge is 0.497 e. The molecule has 0 saturated heterocycles. The van der Waals surface area contributed by atoms with Gasteiger partial charge in [-0.15, -0.1) is 0 Å². The van der Waals surface area contributed by atoms with Crippen molar-refractivity contribution in [3.63, 3.8) is 0 Å². The van der Waals surface area contributed by atoms with Crippen LogP contribution in [0.25, 0.3) is 11.3 Å². The lowest BCUT2D eigenvalue weighted by Crippen LogP contribution is -2.07. The number of hydrazone groups is 1. The third-order valence-electron chi connectivity index (χ3n) is 5.36. The number of ether oxygens (including phenoxy) is 1. The summed E-state index contributed by atoms with van der Waals surface area (Å²) in [5.74, 6) is 2.54. The lowest BCUT2D eigenvalue weighted by molar-refractivity contribution is -0.384. The fourth-order valence-corrected chi connectivity index (χ4v) is 3.47. The molecule has 0 spiro atoms. The Hall–Kier alpha value is -5.78. The van der Waals surface area contributed by atoms with Crippen molar-refractivity contribution in [1.82, 2.24) is 15.0 Å². The lowest BCUT2D eigenvalue weighted by Gasteiger charge is -2.10. The summed E-state index contributed by atoms with van der Waals surface area (Å²) in [6.07, 6.45) is 1.47. The van der Waals surface area contributed by atoms with E-state index in [9.17, 15) is 10.1 Å². The van der Waals surface area contributed by atoms with Crippen LogP contribution in [0, 0.1) is 10.1 Å². The van der Waals surface area contributed by atoms with Gasteiger partial charge in [0.1, 0.15) is 17.3 Å². The molecule has 5 aromatic rings. The van der Waals surface area contributed by atoms with Gasteiger partial charge in [0.25, 0.3) is 5.69 Å². The minimum absolute atomic E-state index is 0.00983. The fraction of sp³-hybridized carbons (Fsp3) is 0.0370. The normalized spacial score (nSPS) is 10.8. The number of hydrogen-bond donors (Lipinski definition) is 3. The number of nitrogens with zero attached hydrogens (tertiary/aromatic N) is 5. The van der Waals surface area contributed by atoms with Gasteiger partial charge >= 0.3 is 0 Å². The molecule has 12 heteroatoms. The highest BCUT2D eigenvalue weighted by Gasteiger charge is 2.10. The number of nitrogens with one attached hydrogen (secondary N) is 3. The predicted octanol–water partition coefficient (Wildman–Crippen LogP) is 5.98. The number of benzene rings is 3. The number of para-hydroxylation sites is 1. The zero-order chi connectivity index (χ0) is 27.0. The van der Waals surface area contributed by atoms with Crippen molar-refractivity contribution in [2.45, 2.75) is 0 Å². The highest BCUT2D eigenvalue weighted by atomic mass is 16.6. The summed E-state index contributed by atoms with van der Waals surface area (Å²) in [5, 5.41) is 21.4. The van der Waals surface area contributed by atoms with Crippen molar-refractivity contribution < 1.29 is 14.1 Å². The van der Waals surface area contributed by atoms with Crippen LogP contribution in [0.1, 0.15) is 5.76 Å². The molecule has 0 aliphatic heterocycles. The van der Waals surface area contributed by atoms with Crippen LogP contribution in [0.2, 0.25) is 0 Å². The molecular weight excluding hydrogens is 500 g/mol. The van der Waals surface area contributed by atoms with Gasteiger partial charge in [-0.3, -0.25) is 10.1 Å². The van der Waals surface area contributed by atoms with Gasteiger partial charge in [0, 0.05) is 29.1 Å². The van der Waals surface area contributed by atoms with E-state index in [0.717, 1.165) is 17.1 Å². The molecule has 0 radical (unpaired) electrons. The van der Waals surface area contributed by atoms with Crippen molar-refractivity contribution in [1.29, 1.82) is 0 Å². The number of aromatic nitrogens is 3. The number of methoxy groups -OCH3 is 1. The number of nitro benzene ring substituents is 1. The minimum atomic E-state index is -0.449.